The standard InChI is InChI=1S/C27H26FN5O4/c1-27(2,36)26(35)32-23(14-19-15-29-16-30-19)25(34)33-24-5-3-4-22(31-24)17-6-10-20(11-7-17)37-21-12-8-18(28)9-13-21/h3-13,15-16,23,36H,14H2,1-2H3,(H,29,30)(H,32,35)(H,31,33,34)/t23-/m0/s1. The third-order valence-electron chi connectivity index (χ3n) is 5.36. The van der Waals surface area contributed by atoms with E-state index < -0.39 is 23.5 Å². The Morgan fingerprint density at radius 3 is 2.35 bits per heavy atom. The minimum Gasteiger partial charge on any atom is -0.457 e. The van der Waals surface area contributed by atoms with E-state index in [0.29, 0.717) is 28.7 Å². The van der Waals surface area contributed by atoms with Crippen molar-refractivity contribution in [3.8, 4) is 22.8 Å². The number of carbonyl (C=O) groups is 2. The smallest absolute Gasteiger partial charge is 0.252 e. The summed E-state index contributed by atoms with van der Waals surface area (Å²) in [6.45, 7) is 2.68. The van der Waals surface area contributed by atoms with E-state index in [1.54, 1.807) is 48.7 Å². The van der Waals surface area contributed by atoms with Crippen LogP contribution < -0.4 is 15.4 Å². The van der Waals surface area contributed by atoms with Gasteiger partial charge >= 0.3 is 0 Å². The molecule has 190 valence electrons. The van der Waals surface area contributed by atoms with E-state index in [0.717, 1.165) is 5.56 Å². The summed E-state index contributed by atoms with van der Waals surface area (Å²) in [6.07, 6.45) is 3.17. The second kappa shape index (κ2) is 11.0. The van der Waals surface area contributed by atoms with Crippen LogP contribution in [0.25, 0.3) is 11.3 Å². The van der Waals surface area contributed by atoms with Gasteiger partial charge in [-0.2, -0.15) is 0 Å². The fourth-order valence-electron chi connectivity index (χ4n) is 3.37. The Morgan fingerprint density at radius 1 is 1.05 bits per heavy atom. The van der Waals surface area contributed by atoms with Gasteiger partial charge in [-0.1, -0.05) is 6.07 Å². The second-order valence-corrected chi connectivity index (χ2v) is 8.84. The maximum Gasteiger partial charge on any atom is 0.252 e. The van der Waals surface area contributed by atoms with E-state index >= 15 is 0 Å². The van der Waals surface area contributed by atoms with Gasteiger partial charge in [0.15, 0.2) is 0 Å². The predicted molar refractivity (Wildman–Crippen MR) is 135 cm³/mol. The van der Waals surface area contributed by atoms with Crippen molar-refractivity contribution >= 4 is 17.6 Å². The van der Waals surface area contributed by atoms with Gasteiger partial charge in [-0.3, -0.25) is 9.59 Å². The minimum absolute atomic E-state index is 0.142. The molecule has 0 aliphatic carbocycles. The van der Waals surface area contributed by atoms with E-state index in [1.165, 1.54) is 32.3 Å². The van der Waals surface area contributed by atoms with Gasteiger partial charge in [0.2, 0.25) is 5.91 Å². The molecule has 37 heavy (non-hydrogen) atoms. The monoisotopic (exact) mass is 503 g/mol. The van der Waals surface area contributed by atoms with Gasteiger partial charge < -0.3 is 25.5 Å². The molecule has 10 heteroatoms. The number of halogens is 1. The summed E-state index contributed by atoms with van der Waals surface area (Å²) in [5.74, 6) is -0.145. The number of amides is 2. The Hall–Kier alpha value is -4.57. The highest BCUT2D eigenvalue weighted by atomic mass is 19.1. The lowest BCUT2D eigenvalue weighted by atomic mass is 10.1. The first kappa shape index (κ1) is 25.5. The van der Waals surface area contributed by atoms with E-state index in [4.69, 9.17) is 4.74 Å². The van der Waals surface area contributed by atoms with Gasteiger partial charge in [-0.05, 0) is 74.5 Å². The van der Waals surface area contributed by atoms with Crippen molar-refractivity contribution < 1.29 is 23.8 Å². The Bertz CT molecular complexity index is 1350. The zero-order chi connectivity index (χ0) is 26.4. The molecule has 0 radical (unpaired) electrons. The first-order chi connectivity index (χ1) is 17.7. The number of nitrogens with one attached hydrogen (secondary N) is 3. The van der Waals surface area contributed by atoms with Crippen LogP contribution >= 0.6 is 0 Å². The number of imidazole rings is 1. The first-order valence-corrected chi connectivity index (χ1v) is 11.5. The summed E-state index contributed by atoms with van der Waals surface area (Å²) in [5, 5.41) is 15.3. The molecule has 0 aliphatic rings. The number of aromatic nitrogens is 3. The SMILES string of the molecule is CC(C)(O)C(=O)N[C@@H](Cc1cnc[nH]1)C(=O)Nc1cccc(-c2ccc(Oc3ccc(F)cc3)cc2)n1. The molecule has 4 N–H and O–H groups in total. The zero-order valence-corrected chi connectivity index (χ0v) is 20.2. The predicted octanol–water partition coefficient (Wildman–Crippen LogP) is 3.84. The number of anilines is 1. The molecule has 2 heterocycles. The largest absolute Gasteiger partial charge is 0.457 e. The van der Waals surface area contributed by atoms with Crippen LogP contribution in [-0.2, 0) is 16.0 Å². The number of hydrogen-bond donors (Lipinski definition) is 4. The lowest BCUT2D eigenvalue weighted by molar-refractivity contribution is -0.138. The van der Waals surface area contributed by atoms with Crippen LogP contribution in [0.2, 0.25) is 0 Å². The van der Waals surface area contributed by atoms with Gasteiger partial charge in [0, 0.05) is 23.9 Å². The van der Waals surface area contributed by atoms with Crippen LogP contribution in [0.4, 0.5) is 10.2 Å². The van der Waals surface area contributed by atoms with Crippen molar-refractivity contribution in [1.82, 2.24) is 20.3 Å². The summed E-state index contributed by atoms with van der Waals surface area (Å²) < 4.78 is 18.8. The van der Waals surface area contributed by atoms with Crippen LogP contribution in [0.1, 0.15) is 19.5 Å². The van der Waals surface area contributed by atoms with Crippen LogP contribution in [0.15, 0.2) is 79.3 Å². The number of carbonyl (C=O) groups excluding carboxylic acids is 2. The number of aromatic amines is 1. The lowest BCUT2D eigenvalue weighted by Crippen LogP contribution is -2.52. The Labute approximate surface area is 212 Å². The number of hydrogen-bond acceptors (Lipinski definition) is 6. The van der Waals surface area contributed by atoms with E-state index in [2.05, 4.69) is 25.6 Å². The number of ether oxygens (including phenoxy) is 1. The van der Waals surface area contributed by atoms with E-state index in [9.17, 15) is 19.1 Å². The van der Waals surface area contributed by atoms with Crippen LogP contribution in [0.5, 0.6) is 11.5 Å². The summed E-state index contributed by atoms with van der Waals surface area (Å²) in [6, 6.07) is 17.1. The van der Waals surface area contributed by atoms with Gasteiger partial charge in [-0.15, -0.1) is 0 Å². The molecule has 4 aromatic rings. The Balaban J connectivity index is 1.46. The van der Waals surface area contributed by atoms with Crippen molar-refractivity contribution in [3.63, 3.8) is 0 Å². The van der Waals surface area contributed by atoms with Crippen molar-refractivity contribution in [1.29, 1.82) is 0 Å². The van der Waals surface area contributed by atoms with Crippen LogP contribution in [0, 0.1) is 5.82 Å². The van der Waals surface area contributed by atoms with Crippen molar-refractivity contribution in [3.05, 3.63) is 90.8 Å². The lowest BCUT2D eigenvalue weighted by Gasteiger charge is -2.22. The zero-order valence-electron chi connectivity index (χ0n) is 20.2. The molecule has 0 saturated carbocycles. The second-order valence-electron chi connectivity index (χ2n) is 8.84. The summed E-state index contributed by atoms with van der Waals surface area (Å²) in [7, 11) is 0. The molecule has 1 atom stereocenters. The van der Waals surface area contributed by atoms with Crippen LogP contribution in [0.3, 0.4) is 0 Å². The number of rotatable bonds is 9. The maximum atomic E-state index is 13.1. The number of aliphatic hydroxyl groups is 1. The van der Waals surface area contributed by atoms with Crippen LogP contribution in [-0.4, -0.2) is 43.5 Å². The van der Waals surface area contributed by atoms with E-state index in [1.807, 2.05) is 12.1 Å². The Kier molecular flexibility index (Phi) is 7.59. The number of benzene rings is 2. The maximum absolute atomic E-state index is 13.1. The quantitative estimate of drug-likeness (QED) is 0.275. The topological polar surface area (TPSA) is 129 Å². The van der Waals surface area contributed by atoms with E-state index in [-0.39, 0.29) is 12.2 Å². The molecular weight excluding hydrogens is 477 g/mol. The molecule has 0 fully saturated rings. The molecule has 2 aromatic heterocycles. The van der Waals surface area contributed by atoms with Crippen molar-refractivity contribution in [2.75, 3.05) is 5.32 Å². The molecule has 2 amide bonds. The van der Waals surface area contributed by atoms with Gasteiger partial charge in [0.25, 0.3) is 5.91 Å². The number of H-pyrrole nitrogens is 1. The third-order valence-corrected chi connectivity index (χ3v) is 5.36. The summed E-state index contributed by atoms with van der Waals surface area (Å²) >= 11 is 0. The molecule has 0 unspecified atom stereocenters. The number of nitrogens with zero attached hydrogens (tertiary/aromatic N) is 2. The molecule has 9 nitrogen and oxygen atoms in total. The summed E-state index contributed by atoms with van der Waals surface area (Å²) in [4.78, 5) is 36.8. The molecule has 4 rings (SSSR count). The van der Waals surface area contributed by atoms with Crippen molar-refractivity contribution in [2.24, 2.45) is 0 Å². The average Bonchev–Trinajstić information content (AvgIpc) is 3.38. The van der Waals surface area contributed by atoms with Gasteiger partial charge in [0.1, 0.15) is 34.8 Å². The van der Waals surface area contributed by atoms with Gasteiger partial charge in [-0.25, -0.2) is 14.4 Å². The molecule has 0 spiro atoms. The molecular formula is C27H26FN5O4. The highest BCUT2D eigenvalue weighted by Gasteiger charge is 2.30. The normalized spacial score (nSPS) is 12.0. The molecule has 0 saturated heterocycles. The molecule has 0 aliphatic heterocycles. The molecule has 0 bridgehead atoms. The third kappa shape index (κ3) is 6.98. The summed E-state index contributed by atoms with van der Waals surface area (Å²) in [5.41, 5.74) is 0.376. The van der Waals surface area contributed by atoms with Crippen molar-refractivity contribution in [2.45, 2.75) is 31.9 Å². The fourth-order valence-corrected chi connectivity index (χ4v) is 3.37. The first-order valence-electron chi connectivity index (χ1n) is 11.5. The fraction of sp³-hybridized carbons (Fsp3) is 0.185. The molecule has 2 aromatic carbocycles. The Morgan fingerprint density at radius 2 is 1.73 bits per heavy atom. The highest BCUT2D eigenvalue weighted by Crippen LogP contribution is 2.26. The average molecular weight is 504 g/mol. The highest BCUT2D eigenvalue weighted by molar-refractivity contribution is 5.98. The van der Waals surface area contributed by atoms with Gasteiger partial charge in [0.05, 0.1) is 12.0 Å². The number of pyridine rings is 1. The minimum atomic E-state index is -1.66.